The Bertz CT molecular complexity index is 496. The zero-order valence-electron chi connectivity index (χ0n) is 12.8. The van der Waals surface area contributed by atoms with E-state index in [9.17, 15) is 4.79 Å². The largest absolute Gasteiger partial charge is 0.340 e. The maximum Gasteiger partial charge on any atom is 0.319 e. The molecule has 0 unspecified atom stereocenters. The summed E-state index contributed by atoms with van der Waals surface area (Å²) in [6.45, 7) is 3.76. The van der Waals surface area contributed by atoms with Crippen LogP contribution in [0.15, 0.2) is 18.5 Å². The molecule has 2 saturated heterocycles. The smallest absolute Gasteiger partial charge is 0.319 e. The molecule has 3 rings (SSSR count). The highest BCUT2D eigenvalue weighted by atomic mass is 16.2. The van der Waals surface area contributed by atoms with Gasteiger partial charge >= 0.3 is 6.03 Å². The average molecular weight is 289 g/mol. The summed E-state index contributed by atoms with van der Waals surface area (Å²) in [5.74, 6) is 0.834. The number of likely N-dealkylation sites (tertiary alicyclic amines) is 1. The summed E-state index contributed by atoms with van der Waals surface area (Å²) in [7, 11) is 3.63. The highest BCUT2D eigenvalue weighted by Gasteiger charge is 2.42. The fourth-order valence-electron chi connectivity index (χ4n) is 3.42. The molecule has 21 heavy (non-hydrogen) atoms. The van der Waals surface area contributed by atoms with Crippen LogP contribution in [-0.4, -0.2) is 66.1 Å². The number of carbonyl (C=O) groups excluding carboxylic acids is 1. The van der Waals surface area contributed by atoms with E-state index in [0.717, 1.165) is 45.0 Å². The highest BCUT2D eigenvalue weighted by Crippen LogP contribution is 2.41. The van der Waals surface area contributed by atoms with Crippen molar-refractivity contribution in [1.29, 1.82) is 0 Å². The number of rotatable bonds is 1. The minimum absolute atomic E-state index is 0.131. The van der Waals surface area contributed by atoms with E-state index < -0.39 is 0 Å². The lowest BCUT2D eigenvalue weighted by atomic mass is 9.78. The number of urea groups is 1. The summed E-state index contributed by atoms with van der Waals surface area (Å²) < 4.78 is 0. The second kappa shape index (κ2) is 5.50. The van der Waals surface area contributed by atoms with Crippen molar-refractivity contribution in [1.82, 2.24) is 19.8 Å². The Morgan fingerprint density at radius 1 is 1.14 bits per heavy atom. The number of piperidine rings is 1. The first-order valence-corrected chi connectivity index (χ1v) is 7.58. The molecule has 2 fully saturated rings. The van der Waals surface area contributed by atoms with E-state index in [1.54, 1.807) is 17.3 Å². The van der Waals surface area contributed by atoms with Crippen LogP contribution in [-0.2, 0) is 0 Å². The quantitative estimate of drug-likeness (QED) is 0.785. The second-order valence-electron chi connectivity index (χ2n) is 6.38. The van der Waals surface area contributed by atoms with Crippen molar-refractivity contribution < 1.29 is 4.79 Å². The molecule has 3 heterocycles. The van der Waals surface area contributed by atoms with Gasteiger partial charge in [-0.25, -0.2) is 14.8 Å². The van der Waals surface area contributed by atoms with Crippen molar-refractivity contribution in [2.75, 3.05) is 45.2 Å². The maximum absolute atomic E-state index is 12.0. The number of carbonyl (C=O) groups is 1. The zero-order chi connectivity index (χ0) is 14.9. The van der Waals surface area contributed by atoms with E-state index in [2.05, 4.69) is 14.9 Å². The molecule has 6 heteroatoms. The standard InChI is InChI=1S/C15H23N5O/c1-18(2)14(21)19-9-4-15(5-10-19)6-11-20(12-15)13-16-7-3-8-17-13/h3,7-8H,4-6,9-12H2,1-2H3. The first kappa shape index (κ1) is 14.1. The Balaban J connectivity index is 1.61. The molecule has 2 aliphatic heterocycles. The molecule has 1 spiro atoms. The zero-order valence-corrected chi connectivity index (χ0v) is 12.8. The minimum atomic E-state index is 0.131. The summed E-state index contributed by atoms with van der Waals surface area (Å²) in [4.78, 5) is 26.6. The van der Waals surface area contributed by atoms with Crippen molar-refractivity contribution in [3.05, 3.63) is 18.5 Å². The normalized spacial score (nSPS) is 20.9. The van der Waals surface area contributed by atoms with Crippen molar-refractivity contribution in [2.45, 2.75) is 19.3 Å². The van der Waals surface area contributed by atoms with Gasteiger partial charge in [0.25, 0.3) is 0 Å². The van der Waals surface area contributed by atoms with Gasteiger partial charge < -0.3 is 14.7 Å². The molecule has 114 valence electrons. The molecule has 2 aliphatic rings. The maximum atomic E-state index is 12.0. The average Bonchev–Trinajstić information content (AvgIpc) is 2.92. The van der Waals surface area contributed by atoms with Crippen molar-refractivity contribution in [3.63, 3.8) is 0 Å². The molecule has 0 radical (unpaired) electrons. The van der Waals surface area contributed by atoms with Crippen LogP contribution in [0.5, 0.6) is 0 Å². The Morgan fingerprint density at radius 3 is 2.38 bits per heavy atom. The van der Waals surface area contributed by atoms with Crippen LogP contribution in [0.3, 0.4) is 0 Å². The van der Waals surface area contributed by atoms with Crippen molar-refractivity contribution in [2.24, 2.45) is 5.41 Å². The first-order valence-electron chi connectivity index (χ1n) is 7.58. The van der Waals surface area contributed by atoms with Gasteiger partial charge in [-0.15, -0.1) is 0 Å². The molecule has 0 aromatic carbocycles. The predicted octanol–water partition coefficient (Wildman–Crippen LogP) is 1.45. The van der Waals surface area contributed by atoms with Gasteiger partial charge in [0.05, 0.1) is 0 Å². The third kappa shape index (κ3) is 2.80. The van der Waals surface area contributed by atoms with Gasteiger partial charge in [0.15, 0.2) is 0 Å². The monoisotopic (exact) mass is 289 g/mol. The van der Waals surface area contributed by atoms with Crippen LogP contribution in [0.1, 0.15) is 19.3 Å². The Hall–Kier alpha value is -1.85. The van der Waals surface area contributed by atoms with Gasteiger partial charge in [0, 0.05) is 52.7 Å². The van der Waals surface area contributed by atoms with Gasteiger partial charge in [-0.1, -0.05) is 0 Å². The predicted molar refractivity (Wildman–Crippen MR) is 81.2 cm³/mol. The van der Waals surface area contributed by atoms with Gasteiger partial charge in [-0.05, 0) is 30.7 Å². The molecule has 1 aromatic rings. The molecule has 2 amide bonds. The van der Waals surface area contributed by atoms with Crippen LogP contribution in [0.25, 0.3) is 0 Å². The molecular formula is C15H23N5O. The highest BCUT2D eigenvalue weighted by molar-refractivity contribution is 5.73. The van der Waals surface area contributed by atoms with Gasteiger partial charge in [-0.3, -0.25) is 0 Å². The summed E-state index contributed by atoms with van der Waals surface area (Å²) >= 11 is 0. The summed E-state index contributed by atoms with van der Waals surface area (Å²) in [5.41, 5.74) is 0.336. The molecular weight excluding hydrogens is 266 g/mol. The minimum Gasteiger partial charge on any atom is -0.340 e. The number of amides is 2. The second-order valence-corrected chi connectivity index (χ2v) is 6.38. The lowest BCUT2D eigenvalue weighted by Gasteiger charge is -2.40. The van der Waals surface area contributed by atoms with E-state index >= 15 is 0 Å². The van der Waals surface area contributed by atoms with Crippen LogP contribution in [0, 0.1) is 5.41 Å². The van der Waals surface area contributed by atoms with Crippen LogP contribution >= 0.6 is 0 Å². The number of nitrogens with zero attached hydrogens (tertiary/aromatic N) is 5. The summed E-state index contributed by atoms with van der Waals surface area (Å²) in [6, 6.07) is 1.98. The Labute approximate surface area is 125 Å². The summed E-state index contributed by atoms with van der Waals surface area (Å²) in [5, 5.41) is 0. The molecule has 0 aliphatic carbocycles. The van der Waals surface area contributed by atoms with E-state index in [1.165, 1.54) is 6.42 Å². The number of anilines is 1. The molecule has 0 saturated carbocycles. The Kier molecular flexibility index (Phi) is 3.69. The fraction of sp³-hybridized carbons (Fsp3) is 0.667. The third-order valence-corrected chi connectivity index (χ3v) is 4.75. The van der Waals surface area contributed by atoms with Gasteiger partial charge in [-0.2, -0.15) is 0 Å². The number of aromatic nitrogens is 2. The van der Waals surface area contributed by atoms with Crippen molar-refractivity contribution >= 4 is 12.0 Å². The lowest BCUT2D eigenvalue weighted by molar-refractivity contribution is 0.115. The molecule has 0 N–H and O–H groups in total. The van der Waals surface area contributed by atoms with E-state index in [-0.39, 0.29) is 6.03 Å². The Morgan fingerprint density at radius 2 is 1.76 bits per heavy atom. The van der Waals surface area contributed by atoms with Crippen LogP contribution in [0.4, 0.5) is 10.7 Å². The number of hydrogen-bond acceptors (Lipinski definition) is 4. The lowest BCUT2D eigenvalue weighted by Crippen LogP contribution is -2.47. The van der Waals surface area contributed by atoms with E-state index in [0.29, 0.717) is 5.41 Å². The molecule has 0 atom stereocenters. The molecule has 1 aromatic heterocycles. The van der Waals surface area contributed by atoms with Gasteiger partial charge in [0.2, 0.25) is 5.95 Å². The van der Waals surface area contributed by atoms with Crippen LogP contribution < -0.4 is 4.90 Å². The summed E-state index contributed by atoms with van der Waals surface area (Å²) in [6.07, 6.45) is 6.93. The topological polar surface area (TPSA) is 52.6 Å². The number of hydrogen-bond donors (Lipinski definition) is 0. The first-order chi connectivity index (χ1) is 10.1. The van der Waals surface area contributed by atoms with Crippen LogP contribution in [0.2, 0.25) is 0 Å². The van der Waals surface area contributed by atoms with E-state index in [4.69, 9.17) is 0 Å². The van der Waals surface area contributed by atoms with E-state index in [1.807, 2.05) is 25.1 Å². The SMILES string of the molecule is CN(C)C(=O)N1CCC2(CC1)CCN(c1ncccn1)C2. The fourth-order valence-corrected chi connectivity index (χ4v) is 3.42. The molecule has 0 bridgehead atoms. The third-order valence-electron chi connectivity index (χ3n) is 4.75. The van der Waals surface area contributed by atoms with Gasteiger partial charge in [0.1, 0.15) is 0 Å². The van der Waals surface area contributed by atoms with Crippen molar-refractivity contribution in [3.8, 4) is 0 Å². The molecule has 6 nitrogen and oxygen atoms in total.